The molecule has 14 heavy (non-hydrogen) atoms. The van der Waals surface area contributed by atoms with Crippen molar-refractivity contribution in [2.24, 2.45) is 5.16 Å². The zero-order valence-electron chi connectivity index (χ0n) is 7.75. The maximum Gasteiger partial charge on any atom is 0.222 e. The monoisotopic (exact) mass is 195 g/mol. The molecule has 0 atom stereocenters. The minimum absolute atomic E-state index is 0.0245. The molecule has 0 radical (unpaired) electrons. The first kappa shape index (κ1) is 10.2. The van der Waals surface area contributed by atoms with Crippen molar-refractivity contribution in [1.82, 2.24) is 0 Å². The predicted octanol–water partition coefficient (Wildman–Crippen LogP) is 0.151. The summed E-state index contributed by atoms with van der Waals surface area (Å²) in [6.07, 6.45) is 4.39. The SMILES string of the molecule is CC(=O)CON=Cc1cc[n+](O)cc1. The van der Waals surface area contributed by atoms with Gasteiger partial charge >= 0.3 is 0 Å². The molecule has 1 heterocycles. The number of ketones is 1. The summed E-state index contributed by atoms with van der Waals surface area (Å²) in [6.45, 7) is 1.40. The van der Waals surface area contributed by atoms with E-state index in [0.29, 0.717) is 0 Å². The fourth-order valence-electron chi connectivity index (χ4n) is 0.742. The maximum atomic E-state index is 10.5. The van der Waals surface area contributed by atoms with Crippen molar-refractivity contribution < 1.29 is 19.6 Å². The Bertz CT molecular complexity index is 332. The molecule has 0 saturated carbocycles. The molecule has 0 saturated heterocycles. The molecule has 0 fully saturated rings. The molecular formula is C9H11N2O3+. The second kappa shape index (κ2) is 4.96. The van der Waals surface area contributed by atoms with Gasteiger partial charge in [0.05, 0.1) is 6.21 Å². The van der Waals surface area contributed by atoms with Crippen LogP contribution in [0.25, 0.3) is 0 Å². The Morgan fingerprint density at radius 3 is 2.86 bits per heavy atom. The number of Topliss-reactive ketones (excluding diaryl/α,β-unsaturated/α-hetero) is 1. The van der Waals surface area contributed by atoms with Crippen LogP contribution in [-0.4, -0.2) is 23.8 Å². The number of hydrogen-bond acceptors (Lipinski definition) is 4. The molecule has 1 N–H and O–H groups in total. The molecule has 74 valence electrons. The lowest BCUT2D eigenvalue weighted by atomic mass is 10.3. The molecule has 0 aliphatic carbocycles. The van der Waals surface area contributed by atoms with Crippen LogP contribution in [0.15, 0.2) is 29.7 Å². The van der Waals surface area contributed by atoms with Gasteiger partial charge in [-0.3, -0.25) is 10.0 Å². The van der Waals surface area contributed by atoms with E-state index < -0.39 is 0 Å². The summed E-state index contributed by atoms with van der Waals surface area (Å²) in [5.74, 6) is -0.0802. The highest BCUT2D eigenvalue weighted by atomic mass is 16.6. The molecule has 0 aliphatic rings. The summed E-state index contributed by atoms with van der Waals surface area (Å²) in [7, 11) is 0. The molecule has 0 aliphatic heterocycles. The van der Waals surface area contributed by atoms with E-state index in [2.05, 4.69) is 9.99 Å². The number of pyridine rings is 1. The average Bonchev–Trinajstić information content (AvgIpc) is 2.15. The summed E-state index contributed by atoms with van der Waals surface area (Å²) in [6, 6.07) is 3.31. The average molecular weight is 195 g/mol. The first-order chi connectivity index (χ1) is 6.68. The molecule has 1 aromatic rings. The lowest BCUT2D eigenvalue weighted by molar-refractivity contribution is -0.904. The molecule has 5 nitrogen and oxygen atoms in total. The van der Waals surface area contributed by atoms with E-state index in [1.165, 1.54) is 25.5 Å². The van der Waals surface area contributed by atoms with E-state index in [0.717, 1.165) is 10.3 Å². The van der Waals surface area contributed by atoms with Crippen LogP contribution >= 0.6 is 0 Å². The highest BCUT2D eigenvalue weighted by molar-refractivity contribution is 5.79. The summed E-state index contributed by atoms with van der Waals surface area (Å²) >= 11 is 0. The summed E-state index contributed by atoms with van der Waals surface area (Å²) in [5, 5.41) is 12.5. The standard InChI is InChI=1S/C9H11N2O3/c1-8(12)7-14-10-6-9-2-4-11(13)5-3-9/h2-6,13H,7H2,1H3/q+1. The van der Waals surface area contributed by atoms with Crippen LogP contribution < -0.4 is 4.73 Å². The highest BCUT2D eigenvalue weighted by Gasteiger charge is 1.94. The minimum atomic E-state index is -0.0802. The molecule has 1 aromatic heterocycles. The van der Waals surface area contributed by atoms with Gasteiger partial charge in [0.15, 0.2) is 12.4 Å². The van der Waals surface area contributed by atoms with Crippen molar-refractivity contribution in [2.75, 3.05) is 6.61 Å². The van der Waals surface area contributed by atoms with Gasteiger partial charge in [0.2, 0.25) is 12.4 Å². The van der Waals surface area contributed by atoms with Crippen molar-refractivity contribution in [3.05, 3.63) is 30.1 Å². The van der Waals surface area contributed by atoms with Gasteiger partial charge in [-0.1, -0.05) is 5.16 Å². The van der Waals surface area contributed by atoms with Crippen LogP contribution in [0.4, 0.5) is 0 Å². The maximum absolute atomic E-state index is 10.5. The molecular weight excluding hydrogens is 184 g/mol. The van der Waals surface area contributed by atoms with E-state index in [1.54, 1.807) is 12.1 Å². The molecule has 0 amide bonds. The van der Waals surface area contributed by atoms with E-state index >= 15 is 0 Å². The third-order valence-corrected chi connectivity index (χ3v) is 1.38. The van der Waals surface area contributed by atoms with Gasteiger partial charge in [-0.25, -0.2) is 0 Å². The third kappa shape index (κ3) is 3.66. The van der Waals surface area contributed by atoms with E-state index in [-0.39, 0.29) is 12.4 Å². The van der Waals surface area contributed by atoms with Crippen molar-refractivity contribution in [2.45, 2.75) is 6.92 Å². The number of carbonyl (C=O) groups is 1. The normalized spacial score (nSPS) is 10.4. The van der Waals surface area contributed by atoms with Gasteiger partial charge < -0.3 is 4.84 Å². The van der Waals surface area contributed by atoms with Gasteiger partial charge in [-0.15, -0.1) is 0 Å². The number of oxime groups is 1. The van der Waals surface area contributed by atoms with E-state index in [1.807, 2.05) is 0 Å². The van der Waals surface area contributed by atoms with Crippen LogP contribution in [0.5, 0.6) is 0 Å². The van der Waals surface area contributed by atoms with Crippen LogP contribution in [0, 0.1) is 0 Å². The van der Waals surface area contributed by atoms with Crippen LogP contribution in [-0.2, 0) is 9.63 Å². The zero-order chi connectivity index (χ0) is 10.4. The molecule has 0 spiro atoms. The number of hydrogen-bond donors (Lipinski definition) is 1. The Hall–Kier alpha value is -1.91. The smallest absolute Gasteiger partial charge is 0.222 e. The van der Waals surface area contributed by atoms with Crippen LogP contribution in [0.3, 0.4) is 0 Å². The molecule has 0 bridgehead atoms. The Morgan fingerprint density at radius 2 is 2.29 bits per heavy atom. The largest absolute Gasteiger partial charge is 0.388 e. The number of rotatable bonds is 4. The van der Waals surface area contributed by atoms with Crippen LogP contribution in [0.1, 0.15) is 12.5 Å². The molecule has 0 aromatic carbocycles. The van der Waals surface area contributed by atoms with Gasteiger partial charge in [0, 0.05) is 22.4 Å². The third-order valence-electron chi connectivity index (χ3n) is 1.38. The minimum Gasteiger partial charge on any atom is -0.388 e. The fraction of sp³-hybridized carbons (Fsp3) is 0.222. The second-order valence-corrected chi connectivity index (χ2v) is 2.72. The van der Waals surface area contributed by atoms with Crippen LogP contribution in [0.2, 0.25) is 0 Å². The Balaban J connectivity index is 2.44. The number of carbonyl (C=O) groups excluding carboxylic acids is 1. The predicted molar refractivity (Wildman–Crippen MR) is 48.0 cm³/mol. The number of aromatic nitrogens is 1. The topological polar surface area (TPSA) is 62.8 Å². The number of nitrogens with zero attached hydrogens (tertiary/aromatic N) is 2. The Labute approximate surface area is 81.2 Å². The van der Waals surface area contributed by atoms with Crippen molar-refractivity contribution in [3.8, 4) is 0 Å². The molecule has 0 unspecified atom stereocenters. The zero-order valence-corrected chi connectivity index (χ0v) is 7.75. The van der Waals surface area contributed by atoms with Gasteiger partial charge in [0.25, 0.3) is 0 Å². The van der Waals surface area contributed by atoms with Gasteiger partial charge in [0.1, 0.15) is 0 Å². The second-order valence-electron chi connectivity index (χ2n) is 2.72. The summed E-state index contributed by atoms with van der Waals surface area (Å²) in [4.78, 5) is 15.1. The summed E-state index contributed by atoms with van der Waals surface area (Å²) in [5.41, 5.74) is 0.777. The van der Waals surface area contributed by atoms with E-state index in [9.17, 15) is 4.79 Å². The van der Waals surface area contributed by atoms with Gasteiger partial charge in [-0.2, -0.15) is 0 Å². The molecule has 5 heteroatoms. The summed E-state index contributed by atoms with van der Waals surface area (Å²) < 4.78 is 0.924. The fourth-order valence-corrected chi connectivity index (χ4v) is 0.742. The lowest BCUT2D eigenvalue weighted by Crippen LogP contribution is -2.27. The quantitative estimate of drug-likeness (QED) is 0.322. The van der Waals surface area contributed by atoms with Gasteiger partial charge in [-0.05, 0) is 6.92 Å². The van der Waals surface area contributed by atoms with E-state index in [4.69, 9.17) is 5.21 Å². The highest BCUT2D eigenvalue weighted by Crippen LogP contribution is 1.90. The van der Waals surface area contributed by atoms with Crippen molar-refractivity contribution in [1.29, 1.82) is 0 Å². The first-order valence-corrected chi connectivity index (χ1v) is 4.04. The van der Waals surface area contributed by atoms with Crippen molar-refractivity contribution in [3.63, 3.8) is 0 Å². The Morgan fingerprint density at radius 1 is 1.64 bits per heavy atom. The Kier molecular flexibility index (Phi) is 3.60. The van der Waals surface area contributed by atoms with Crippen molar-refractivity contribution >= 4 is 12.0 Å². The first-order valence-electron chi connectivity index (χ1n) is 4.04. The molecule has 1 rings (SSSR count). The lowest BCUT2D eigenvalue weighted by Gasteiger charge is -1.92.